The van der Waals surface area contributed by atoms with Crippen LogP contribution in [-0.2, 0) is 9.53 Å². The number of hydrogen-bond donors (Lipinski definition) is 2. The van der Waals surface area contributed by atoms with E-state index in [1.807, 2.05) is 38.1 Å². The number of rotatable bonds is 3. The van der Waals surface area contributed by atoms with Crippen LogP contribution in [0, 0.1) is 5.92 Å². The molecule has 0 bridgehead atoms. The summed E-state index contributed by atoms with van der Waals surface area (Å²) in [5.74, 6) is -1.31. The van der Waals surface area contributed by atoms with Gasteiger partial charge in [0.1, 0.15) is 0 Å². The number of nitrogens with zero attached hydrogens (tertiary/aromatic N) is 2. The number of benzene rings is 1. The fourth-order valence-electron chi connectivity index (χ4n) is 3.57. The normalized spacial score (nSPS) is 26.6. The first-order valence-electron chi connectivity index (χ1n) is 8.72. The van der Waals surface area contributed by atoms with E-state index >= 15 is 0 Å². The molecule has 0 spiro atoms. The molecule has 1 aromatic carbocycles. The summed E-state index contributed by atoms with van der Waals surface area (Å²) in [5.41, 5.74) is 1.71. The number of amides is 2. The zero-order chi connectivity index (χ0) is 18.0. The molecule has 3 unspecified atom stereocenters. The van der Waals surface area contributed by atoms with Gasteiger partial charge in [-0.25, -0.2) is 4.79 Å². The highest BCUT2D eigenvalue weighted by atomic mass is 16.5. The number of carbonyl (C=O) groups excluding carboxylic acids is 1. The molecule has 136 valence electrons. The standard InChI is InChI=1S/C18H25N3O4/c1-12-9-21(10-13(2)25-12)16-6-4-3-5-15(16)19-18(24)20-8-7-14(11-20)17(22)23/h3-6,12-14H,7-11H2,1-2H3,(H,19,24)(H,22,23). The summed E-state index contributed by atoms with van der Waals surface area (Å²) < 4.78 is 5.78. The quantitative estimate of drug-likeness (QED) is 0.876. The summed E-state index contributed by atoms with van der Waals surface area (Å²) in [4.78, 5) is 27.4. The zero-order valence-electron chi connectivity index (χ0n) is 14.6. The first-order valence-corrected chi connectivity index (χ1v) is 8.72. The summed E-state index contributed by atoms with van der Waals surface area (Å²) in [7, 11) is 0. The van der Waals surface area contributed by atoms with E-state index in [1.54, 1.807) is 4.90 Å². The predicted molar refractivity (Wildman–Crippen MR) is 95.0 cm³/mol. The lowest BCUT2D eigenvalue weighted by molar-refractivity contribution is -0.141. The van der Waals surface area contributed by atoms with Gasteiger partial charge in [0.15, 0.2) is 0 Å². The Morgan fingerprint density at radius 2 is 1.84 bits per heavy atom. The maximum absolute atomic E-state index is 12.5. The van der Waals surface area contributed by atoms with Crippen molar-refractivity contribution in [2.75, 3.05) is 36.4 Å². The van der Waals surface area contributed by atoms with Gasteiger partial charge in [0.25, 0.3) is 0 Å². The Morgan fingerprint density at radius 3 is 2.48 bits per heavy atom. The van der Waals surface area contributed by atoms with Crippen molar-refractivity contribution in [1.29, 1.82) is 0 Å². The molecule has 2 N–H and O–H groups in total. The molecule has 0 saturated carbocycles. The van der Waals surface area contributed by atoms with Gasteiger partial charge in [-0.3, -0.25) is 4.79 Å². The molecule has 1 aromatic rings. The van der Waals surface area contributed by atoms with Crippen molar-refractivity contribution in [2.45, 2.75) is 32.5 Å². The first kappa shape index (κ1) is 17.5. The Hall–Kier alpha value is -2.28. The molecular weight excluding hydrogens is 322 g/mol. The van der Waals surface area contributed by atoms with Gasteiger partial charge in [-0.05, 0) is 32.4 Å². The van der Waals surface area contributed by atoms with Crippen LogP contribution in [-0.4, -0.2) is 60.4 Å². The van der Waals surface area contributed by atoms with Crippen LogP contribution >= 0.6 is 0 Å². The molecule has 0 radical (unpaired) electrons. The van der Waals surface area contributed by atoms with E-state index in [-0.39, 0.29) is 24.8 Å². The van der Waals surface area contributed by atoms with Gasteiger partial charge in [0, 0.05) is 26.2 Å². The average molecular weight is 347 g/mol. The third kappa shape index (κ3) is 4.04. The van der Waals surface area contributed by atoms with Gasteiger partial charge in [-0.2, -0.15) is 0 Å². The zero-order valence-corrected chi connectivity index (χ0v) is 14.6. The molecule has 3 rings (SSSR count). The van der Waals surface area contributed by atoms with Gasteiger partial charge in [-0.1, -0.05) is 12.1 Å². The number of carbonyl (C=O) groups is 2. The molecule has 2 fully saturated rings. The number of anilines is 2. The van der Waals surface area contributed by atoms with Crippen molar-refractivity contribution in [3.05, 3.63) is 24.3 Å². The van der Waals surface area contributed by atoms with Crippen LogP contribution in [0.5, 0.6) is 0 Å². The topological polar surface area (TPSA) is 82.1 Å². The van der Waals surface area contributed by atoms with Crippen LogP contribution in [0.2, 0.25) is 0 Å². The highest BCUT2D eigenvalue weighted by Gasteiger charge is 2.31. The molecule has 7 heteroatoms. The lowest BCUT2D eigenvalue weighted by atomic mass is 10.1. The Bertz CT molecular complexity index is 641. The van der Waals surface area contributed by atoms with Crippen molar-refractivity contribution in [3.63, 3.8) is 0 Å². The number of carboxylic acid groups (broad SMARTS) is 1. The average Bonchev–Trinajstić information content (AvgIpc) is 3.05. The molecule has 2 aliphatic rings. The molecule has 2 amide bonds. The number of hydrogen-bond acceptors (Lipinski definition) is 4. The smallest absolute Gasteiger partial charge is 0.321 e. The maximum atomic E-state index is 12.5. The Labute approximate surface area is 147 Å². The van der Waals surface area contributed by atoms with Crippen LogP contribution in [0.1, 0.15) is 20.3 Å². The lowest BCUT2D eigenvalue weighted by Crippen LogP contribution is -2.46. The molecule has 0 aliphatic carbocycles. The van der Waals surface area contributed by atoms with Crippen LogP contribution in [0.15, 0.2) is 24.3 Å². The molecule has 2 saturated heterocycles. The molecule has 2 aliphatic heterocycles. The Morgan fingerprint density at radius 1 is 1.16 bits per heavy atom. The first-order chi connectivity index (χ1) is 11.9. The number of carboxylic acids is 1. The number of urea groups is 1. The minimum atomic E-state index is -0.841. The number of para-hydroxylation sites is 2. The fraction of sp³-hybridized carbons (Fsp3) is 0.556. The monoisotopic (exact) mass is 347 g/mol. The van der Waals surface area contributed by atoms with Crippen molar-refractivity contribution in [3.8, 4) is 0 Å². The fourth-order valence-corrected chi connectivity index (χ4v) is 3.57. The second kappa shape index (κ2) is 7.31. The number of ether oxygens (including phenoxy) is 1. The lowest BCUT2D eigenvalue weighted by Gasteiger charge is -2.37. The molecule has 7 nitrogen and oxygen atoms in total. The number of likely N-dealkylation sites (tertiary alicyclic amines) is 1. The molecule has 3 atom stereocenters. The second-order valence-corrected chi connectivity index (χ2v) is 6.88. The van der Waals surface area contributed by atoms with Crippen molar-refractivity contribution in [2.24, 2.45) is 5.92 Å². The van der Waals surface area contributed by atoms with Gasteiger partial charge in [0.2, 0.25) is 0 Å². The third-order valence-electron chi connectivity index (χ3n) is 4.73. The summed E-state index contributed by atoms with van der Waals surface area (Å²) in [6.07, 6.45) is 0.757. The van der Waals surface area contributed by atoms with E-state index in [0.29, 0.717) is 13.0 Å². The second-order valence-electron chi connectivity index (χ2n) is 6.88. The van der Waals surface area contributed by atoms with E-state index in [0.717, 1.165) is 24.5 Å². The van der Waals surface area contributed by atoms with Gasteiger partial charge in [0.05, 0.1) is 29.5 Å². The number of aliphatic carboxylic acids is 1. The highest BCUT2D eigenvalue weighted by molar-refractivity contribution is 5.93. The van der Waals surface area contributed by atoms with Crippen molar-refractivity contribution < 1.29 is 19.4 Å². The van der Waals surface area contributed by atoms with Gasteiger partial charge in [-0.15, -0.1) is 0 Å². The summed E-state index contributed by atoms with van der Waals surface area (Å²) in [5, 5.41) is 12.0. The SMILES string of the molecule is CC1CN(c2ccccc2NC(=O)N2CCC(C(=O)O)C2)CC(C)O1. The summed E-state index contributed by atoms with van der Waals surface area (Å²) in [6.45, 7) is 6.34. The van der Waals surface area contributed by atoms with Crippen LogP contribution < -0.4 is 10.2 Å². The number of morpholine rings is 1. The summed E-state index contributed by atoms with van der Waals surface area (Å²) >= 11 is 0. The van der Waals surface area contributed by atoms with Crippen molar-refractivity contribution in [1.82, 2.24) is 4.90 Å². The maximum Gasteiger partial charge on any atom is 0.321 e. The molecular formula is C18H25N3O4. The number of nitrogens with one attached hydrogen (secondary N) is 1. The van der Waals surface area contributed by atoms with Gasteiger partial charge < -0.3 is 25.0 Å². The molecule has 2 heterocycles. The Kier molecular flexibility index (Phi) is 5.13. The van der Waals surface area contributed by atoms with Gasteiger partial charge >= 0.3 is 12.0 Å². The van der Waals surface area contributed by atoms with Crippen molar-refractivity contribution >= 4 is 23.4 Å². The highest BCUT2D eigenvalue weighted by Crippen LogP contribution is 2.29. The van der Waals surface area contributed by atoms with Crippen LogP contribution in [0.25, 0.3) is 0 Å². The van der Waals surface area contributed by atoms with E-state index in [2.05, 4.69) is 10.2 Å². The Balaban J connectivity index is 1.71. The van der Waals surface area contributed by atoms with E-state index < -0.39 is 11.9 Å². The summed E-state index contributed by atoms with van der Waals surface area (Å²) in [6, 6.07) is 7.46. The molecule has 0 aromatic heterocycles. The van der Waals surface area contributed by atoms with Crippen LogP contribution in [0.4, 0.5) is 16.2 Å². The van der Waals surface area contributed by atoms with E-state index in [1.165, 1.54) is 0 Å². The van der Waals surface area contributed by atoms with Crippen LogP contribution in [0.3, 0.4) is 0 Å². The van der Waals surface area contributed by atoms with E-state index in [4.69, 9.17) is 9.84 Å². The largest absolute Gasteiger partial charge is 0.481 e. The molecule has 25 heavy (non-hydrogen) atoms. The third-order valence-corrected chi connectivity index (χ3v) is 4.73. The predicted octanol–water partition coefficient (Wildman–Crippen LogP) is 2.24. The van der Waals surface area contributed by atoms with E-state index in [9.17, 15) is 9.59 Å². The minimum Gasteiger partial charge on any atom is -0.481 e. The minimum absolute atomic E-state index is 0.127.